The summed E-state index contributed by atoms with van der Waals surface area (Å²) >= 11 is 3.51. The molecule has 4 heteroatoms. The average molecular weight is 346 g/mol. The number of carbonyl (C=O) groups is 2. The van der Waals surface area contributed by atoms with Crippen LogP contribution in [0.5, 0.6) is 0 Å². The second-order valence-electron chi connectivity index (χ2n) is 6.25. The van der Waals surface area contributed by atoms with Crippen molar-refractivity contribution >= 4 is 44.2 Å². The number of anilines is 1. The number of carbonyl (C=O) groups excluding carboxylic acids is 2. The second kappa shape index (κ2) is 4.95. The smallest absolute Gasteiger partial charge is 0.234 e. The molecule has 21 heavy (non-hydrogen) atoms. The Morgan fingerprint density at radius 1 is 0.952 bits per heavy atom. The van der Waals surface area contributed by atoms with Gasteiger partial charge in [0.2, 0.25) is 11.8 Å². The summed E-state index contributed by atoms with van der Waals surface area (Å²) in [7, 11) is 0. The van der Waals surface area contributed by atoms with E-state index in [0.29, 0.717) is 18.5 Å². The minimum atomic E-state index is -0.254. The Bertz CT molecular complexity index is 732. The average Bonchev–Trinajstić information content (AvgIpc) is 2.39. The lowest BCUT2D eigenvalue weighted by atomic mass is 9.81. The summed E-state index contributed by atoms with van der Waals surface area (Å²) in [5.74, 6) is -0.243. The highest BCUT2D eigenvalue weighted by atomic mass is 79.9. The molecule has 0 aromatic heterocycles. The molecular weight excluding hydrogens is 330 g/mol. The molecule has 1 aliphatic heterocycles. The molecule has 2 amide bonds. The van der Waals surface area contributed by atoms with Crippen LogP contribution in [0, 0.1) is 5.41 Å². The molecule has 0 spiro atoms. The fraction of sp³-hybridized carbons (Fsp3) is 0.294. The third kappa shape index (κ3) is 2.48. The largest absolute Gasteiger partial charge is 0.274 e. The number of fused-ring (bicyclic) bond motifs is 1. The highest BCUT2D eigenvalue weighted by Gasteiger charge is 2.38. The Balaban J connectivity index is 2.15. The molecule has 2 aromatic carbocycles. The van der Waals surface area contributed by atoms with Gasteiger partial charge >= 0.3 is 0 Å². The molecule has 0 N–H and O–H groups in total. The number of halogens is 1. The van der Waals surface area contributed by atoms with E-state index in [1.54, 1.807) is 0 Å². The Hall–Kier alpha value is -1.68. The summed E-state index contributed by atoms with van der Waals surface area (Å²) in [4.78, 5) is 26.2. The first-order valence-electron chi connectivity index (χ1n) is 6.92. The Kier molecular flexibility index (Phi) is 3.36. The fourth-order valence-electron chi connectivity index (χ4n) is 2.89. The van der Waals surface area contributed by atoms with Gasteiger partial charge in [-0.3, -0.25) is 9.59 Å². The first-order valence-corrected chi connectivity index (χ1v) is 7.71. The number of piperidine rings is 1. The number of imide groups is 1. The van der Waals surface area contributed by atoms with Crippen molar-refractivity contribution in [2.24, 2.45) is 5.41 Å². The van der Waals surface area contributed by atoms with E-state index < -0.39 is 0 Å². The zero-order valence-corrected chi connectivity index (χ0v) is 13.6. The van der Waals surface area contributed by atoms with Crippen molar-refractivity contribution in [1.82, 2.24) is 0 Å². The third-order valence-electron chi connectivity index (χ3n) is 3.85. The first-order chi connectivity index (χ1) is 9.89. The molecule has 2 aromatic rings. The second-order valence-corrected chi connectivity index (χ2v) is 7.11. The van der Waals surface area contributed by atoms with Crippen molar-refractivity contribution in [3.05, 3.63) is 40.9 Å². The standard InChI is InChI=1S/C17H16BrNO2/c1-17(2)9-15(20)19(16(21)10-17)14-8-7-13(18)11-5-3-4-6-12(11)14/h3-8H,9-10H2,1-2H3. The van der Waals surface area contributed by atoms with Gasteiger partial charge in [-0.05, 0) is 22.9 Å². The van der Waals surface area contributed by atoms with Crippen LogP contribution in [-0.4, -0.2) is 11.8 Å². The Labute approximate surface area is 132 Å². The van der Waals surface area contributed by atoms with Crippen LogP contribution in [0.4, 0.5) is 5.69 Å². The van der Waals surface area contributed by atoms with Crippen LogP contribution in [0.1, 0.15) is 26.7 Å². The lowest BCUT2D eigenvalue weighted by Crippen LogP contribution is -2.46. The van der Waals surface area contributed by atoms with E-state index in [9.17, 15) is 9.59 Å². The SMILES string of the molecule is CC1(C)CC(=O)N(c2ccc(Br)c3ccccc23)C(=O)C1. The number of hydrogen-bond donors (Lipinski definition) is 0. The number of nitrogens with zero attached hydrogens (tertiary/aromatic N) is 1. The maximum Gasteiger partial charge on any atom is 0.234 e. The van der Waals surface area contributed by atoms with Crippen LogP contribution in [0.3, 0.4) is 0 Å². The van der Waals surface area contributed by atoms with Gasteiger partial charge in [0, 0.05) is 22.7 Å². The lowest BCUT2D eigenvalue weighted by Gasteiger charge is -2.35. The Morgan fingerprint density at radius 2 is 1.52 bits per heavy atom. The summed E-state index contributed by atoms with van der Waals surface area (Å²) in [6.45, 7) is 3.92. The van der Waals surface area contributed by atoms with E-state index in [1.165, 1.54) is 4.90 Å². The van der Waals surface area contributed by atoms with Crippen LogP contribution < -0.4 is 4.90 Å². The molecule has 3 nitrogen and oxygen atoms in total. The van der Waals surface area contributed by atoms with Gasteiger partial charge in [-0.1, -0.05) is 54.0 Å². The number of hydrogen-bond acceptors (Lipinski definition) is 2. The van der Waals surface area contributed by atoms with Gasteiger partial charge in [-0.15, -0.1) is 0 Å². The van der Waals surface area contributed by atoms with Crippen LogP contribution >= 0.6 is 15.9 Å². The summed E-state index contributed by atoms with van der Waals surface area (Å²) in [6.07, 6.45) is 0.784. The van der Waals surface area contributed by atoms with Crippen molar-refractivity contribution in [3.8, 4) is 0 Å². The van der Waals surface area contributed by atoms with Gasteiger partial charge in [0.25, 0.3) is 0 Å². The number of amides is 2. The molecule has 1 fully saturated rings. The first kappa shape index (κ1) is 14.3. The molecule has 1 heterocycles. The van der Waals surface area contributed by atoms with Crippen molar-refractivity contribution in [3.63, 3.8) is 0 Å². The highest BCUT2D eigenvalue weighted by Crippen LogP contribution is 2.38. The number of benzene rings is 2. The minimum Gasteiger partial charge on any atom is -0.274 e. The molecule has 0 unspecified atom stereocenters. The molecule has 1 aliphatic rings. The molecule has 0 saturated carbocycles. The van der Waals surface area contributed by atoms with Gasteiger partial charge in [0.05, 0.1) is 5.69 Å². The minimum absolute atomic E-state index is 0.122. The van der Waals surface area contributed by atoms with Gasteiger partial charge in [-0.25, -0.2) is 4.90 Å². The van der Waals surface area contributed by atoms with Crippen molar-refractivity contribution in [1.29, 1.82) is 0 Å². The number of rotatable bonds is 1. The van der Waals surface area contributed by atoms with E-state index in [0.717, 1.165) is 15.2 Å². The Morgan fingerprint density at radius 3 is 2.14 bits per heavy atom. The van der Waals surface area contributed by atoms with Crippen LogP contribution in [0.15, 0.2) is 40.9 Å². The van der Waals surface area contributed by atoms with E-state index in [4.69, 9.17) is 0 Å². The summed E-state index contributed by atoms with van der Waals surface area (Å²) < 4.78 is 0.957. The van der Waals surface area contributed by atoms with E-state index >= 15 is 0 Å². The molecule has 0 bridgehead atoms. The maximum atomic E-state index is 12.4. The monoisotopic (exact) mass is 345 g/mol. The predicted molar refractivity (Wildman–Crippen MR) is 87.2 cm³/mol. The highest BCUT2D eigenvalue weighted by molar-refractivity contribution is 9.10. The van der Waals surface area contributed by atoms with Gasteiger partial charge in [0.15, 0.2) is 0 Å². The zero-order valence-electron chi connectivity index (χ0n) is 12.0. The van der Waals surface area contributed by atoms with Crippen LogP contribution in [0.25, 0.3) is 10.8 Å². The molecule has 0 radical (unpaired) electrons. The van der Waals surface area contributed by atoms with Crippen molar-refractivity contribution in [2.75, 3.05) is 4.90 Å². The molecule has 108 valence electrons. The van der Waals surface area contributed by atoms with Crippen molar-refractivity contribution < 1.29 is 9.59 Å². The topological polar surface area (TPSA) is 37.4 Å². The summed E-state index contributed by atoms with van der Waals surface area (Å²) in [5, 5.41) is 1.91. The van der Waals surface area contributed by atoms with Crippen LogP contribution in [-0.2, 0) is 9.59 Å². The van der Waals surface area contributed by atoms with E-state index in [2.05, 4.69) is 15.9 Å². The van der Waals surface area contributed by atoms with Gasteiger partial charge in [-0.2, -0.15) is 0 Å². The normalized spacial score (nSPS) is 18.3. The van der Waals surface area contributed by atoms with Crippen molar-refractivity contribution in [2.45, 2.75) is 26.7 Å². The fourth-order valence-corrected chi connectivity index (χ4v) is 3.37. The lowest BCUT2D eigenvalue weighted by molar-refractivity contribution is -0.132. The molecule has 0 aliphatic carbocycles. The van der Waals surface area contributed by atoms with E-state index in [1.807, 2.05) is 50.2 Å². The molecular formula is C17H16BrNO2. The van der Waals surface area contributed by atoms with Crippen LogP contribution in [0.2, 0.25) is 0 Å². The van der Waals surface area contributed by atoms with Gasteiger partial charge in [0.1, 0.15) is 0 Å². The van der Waals surface area contributed by atoms with E-state index in [-0.39, 0.29) is 17.2 Å². The maximum absolute atomic E-state index is 12.4. The molecule has 3 rings (SSSR count). The predicted octanol–water partition coefficient (Wildman–Crippen LogP) is 4.28. The zero-order chi connectivity index (χ0) is 15.2. The quantitative estimate of drug-likeness (QED) is 0.723. The summed E-state index contributed by atoms with van der Waals surface area (Å²) in [5.41, 5.74) is 0.426. The third-order valence-corrected chi connectivity index (χ3v) is 4.54. The molecule has 1 saturated heterocycles. The summed E-state index contributed by atoms with van der Waals surface area (Å²) in [6, 6.07) is 11.5. The molecule has 0 atom stereocenters. The van der Waals surface area contributed by atoms with Gasteiger partial charge < -0.3 is 0 Å².